The van der Waals surface area contributed by atoms with Gasteiger partial charge in [-0.05, 0) is 78.3 Å². The molecule has 3 aromatic rings. The number of benzene rings is 2. The Morgan fingerprint density at radius 2 is 1.92 bits per heavy atom. The second-order valence-corrected chi connectivity index (χ2v) is 9.57. The zero-order valence-corrected chi connectivity index (χ0v) is 22.3. The van der Waals surface area contributed by atoms with Crippen LogP contribution in [-0.2, 0) is 11.4 Å². The fourth-order valence-electron chi connectivity index (χ4n) is 4.36. The van der Waals surface area contributed by atoms with Crippen LogP contribution in [0.5, 0.6) is 17.4 Å². The molecular weight excluding hydrogens is 474 g/mol. The van der Waals surface area contributed by atoms with Crippen LogP contribution in [0.1, 0.15) is 41.0 Å². The van der Waals surface area contributed by atoms with E-state index in [0.29, 0.717) is 25.5 Å². The summed E-state index contributed by atoms with van der Waals surface area (Å²) < 4.78 is 17.6. The number of carbonyl (C=O) groups is 1. The molecule has 1 aliphatic rings. The number of nitrogens with zero attached hydrogens (tertiary/aromatic N) is 1. The zero-order chi connectivity index (χ0) is 25.9. The molecule has 2 aromatic carbocycles. The van der Waals surface area contributed by atoms with Gasteiger partial charge in [-0.1, -0.05) is 18.2 Å². The Labute approximate surface area is 218 Å². The van der Waals surface area contributed by atoms with Crippen molar-refractivity contribution < 1.29 is 24.1 Å². The smallest absolute Gasteiger partial charge is 0.217 e. The van der Waals surface area contributed by atoms with Crippen molar-refractivity contribution in [3.05, 3.63) is 70.9 Å². The summed E-state index contributed by atoms with van der Waals surface area (Å²) in [6.07, 6.45) is 6.31. The number of ether oxygens (including phenoxy) is 3. The van der Waals surface area contributed by atoms with Gasteiger partial charge in [0.25, 0.3) is 0 Å². The van der Waals surface area contributed by atoms with Crippen molar-refractivity contribution in [3.63, 3.8) is 0 Å². The third kappa shape index (κ3) is 7.02. The van der Waals surface area contributed by atoms with E-state index in [1.807, 2.05) is 17.8 Å². The minimum absolute atomic E-state index is 0.0874. The van der Waals surface area contributed by atoms with Crippen molar-refractivity contribution in [1.29, 1.82) is 0 Å². The number of hydrogen-bond acceptors (Lipinski definition) is 7. The lowest BCUT2D eigenvalue weighted by Crippen LogP contribution is -2.01. The molecule has 0 radical (unpaired) electrons. The number of pyridine rings is 1. The first-order valence-corrected chi connectivity index (χ1v) is 13.4. The molecule has 1 aliphatic heterocycles. The summed E-state index contributed by atoms with van der Waals surface area (Å²) in [5, 5.41) is 7.00. The minimum atomic E-state index is 0.0874. The number of thioether (sulfide) groups is 1. The van der Waals surface area contributed by atoms with Gasteiger partial charge >= 0.3 is 0 Å². The van der Waals surface area contributed by atoms with E-state index in [1.54, 1.807) is 6.20 Å². The summed E-state index contributed by atoms with van der Waals surface area (Å²) in [6.45, 7) is 5.93. The van der Waals surface area contributed by atoms with Crippen LogP contribution in [0.2, 0.25) is 0 Å². The molecule has 36 heavy (non-hydrogen) atoms. The molecule has 6 nitrogen and oxygen atoms in total. The molecule has 0 amide bonds. The van der Waals surface area contributed by atoms with E-state index < -0.39 is 0 Å². The topological polar surface area (TPSA) is 77.9 Å². The first-order valence-electron chi connectivity index (χ1n) is 12.0. The van der Waals surface area contributed by atoms with Crippen molar-refractivity contribution in [2.24, 2.45) is 0 Å². The molecule has 2 heterocycles. The molecule has 1 N–H and O–H groups in total. The predicted molar refractivity (Wildman–Crippen MR) is 145 cm³/mol. The standard InChI is InChI=1S/C28H31NO4S.CH4O/c1-19-12-24(31-10-5-11-34-3)13-20(2)28(19)22-7-4-6-21(14-22)17-33-27-15-26-25(16-29-27)23(8-9-30)18-32-26;1-2/h4,6-7,9,12-16,23H,5,8,10-11,17-18H2,1-3H3;2H,1H3. The Morgan fingerprint density at radius 3 is 2.64 bits per heavy atom. The maximum Gasteiger partial charge on any atom is 0.217 e. The van der Waals surface area contributed by atoms with E-state index in [2.05, 4.69) is 61.5 Å². The van der Waals surface area contributed by atoms with Crippen molar-refractivity contribution in [2.75, 3.05) is 32.3 Å². The summed E-state index contributed by atoms with van der Waals surface area (Å²) >= 11 is 1.84. The molecule has 0 fully saturated rings. The van der Waals surface area contributed by atoms with Crippen LogP contribution in [-0.4, -0.2) is 48.7 Å². The SMILES string of the molecule is CO.CSCCCOc1cc(C)c(-c2cccc(COc3cc4c(cn3)C(CC=O)CO4)c2)c(C)c1. The number of aryl methyl sites for hydroxylation is 2. The second kappa shape index (κ2) is 13.9. The monoisotopic (exact) mass is 509 g/mol. The fraction of sp³-hybridized carbons (Fsp3) is 0.379. The molecule has 7 heteroatoms. The average Bonchev–Trinajstić information content (AvgIpc) is 3.29. The second-order valence-electron chi connectivity index (χ2n) is 8.59. The molecule has 4 rings (SSSR count). The van der Waals surface area contributed by atoms with Crippen molar-refractivity contribution in [3.8, 4) is 28.5 Å². The number of aliphatic hydroxyl groups is 1. The number of aliphatic hydroxyl groups excluding tert-OH is 1. The summed E-state index contributed by atoms with van der Waals surface area (Å²) in [4.78, 5) is 15.3. The third-order valence-corrected chi connectivity index (χ3v) is 6.70. The largest absolute Gasteiger partial charge is 0.494 e. The molecule has 1 aromatic heterocycles. The molecule has 0 spiro atoms. The molecule has 1 atom stereocenters. The van der Waals surface area contributed by atoms with E-state index in [0.717, 1.165) is 60.4 Å². The molecule has 0 bridgehead atoms. The number of rotatable bonds is 11. The maximum absolute atomic E-state index is 10.8. The van der Waals surface area contributed by atoms with Crippen LogP contribution >= 0.6 is 11.8 Å². The number of carbonyl (C=O) groups excluding carboxylic acids is 1. The van der Waals surface area contributed by atoms with E-state index >= 15 is 0 Å². The summed E-state index contributed by atoms with van der Waals surface area (Å²) in [6, 6.07) is 14.5. The molecule has 192 valence electrons. The van der Waals surface area contributed by atoms with Crippen molar-refractivity contribution in [1.82, 2.24) is 4.98 Å². The van der Waals surface area contributed by atoms with Crippen molar-refractivity contribution in [2.45, 2.75) is 39.2 Å². The number of aromatic nitrogens is 1. The van der Waals surface area contributed by atoms with Crippen LogP contribution in [0.15, 0.2) is 48.7 Å². The minimum Gasteiger partial charge on any atom is -0.494 e. The van der Waals surface area contributed by atoms with Gasteiger partial charge < -0.3 is 24.1 Å². The quantitative estimate of drug-likeness (QED) is 0.260. The summed E-state index contributed by atoms with van der Waals surface area (Å²) in [5.74, 6) is 3.40. The summed E-state index contributed by atoms with van der Waals surface area (Å²) in [5.41, 5.74) is 6.82. The Hall–Kier alpha value is -3.03. The number of hydrogen-bond donors (Lipinski definition) is 1. The Balaban J connectivity index is 0.00000176. The molecule has 0 saturated carbocycles. The highest BCUT2D eigenvalue weighted by atomic mass is 32.2. The van der Waals surface area contributed by atoms with Crippen LogP contribution in [0.4, 0.5) is 0 Å². The van der Waals surface area contributed by atoms with E-state index in [1.165, 1.54) is 16.7 Å². The fourth-order valence-corrected chi connectivity index (χ4v) is 4.77. The normalized spacial score (nSPS) is 13.8. The van der Waals surface area contributed by atoms with Crippen LogP contribution in [0, 0.1) is 13.8 Å². The van der Waals surface area contributed by atoms with Gasteiger partial charge in [0, 0.05) is 37.3 Å². The lowest BCUT2D eigenvalue weighted by atomic mass is 9.94. The van der Waals surface area contributed by atoms with E-state index in [4.69, 9.17) is 19.3 Å². The van der Waals surface area contributed by atoms with Crippen LogP contribution in [0.25, 0.3) is 11.1 Å². The van der Waals surface area contributed by atoms with Crippen molar-refractivity contribution >= 4 is 18.0 Å². The van der Waals surface area contributed by atoms with Gasteiger partial charge in [0.1, 0.15) is 24.4 Å². The Morgan fingerprint density at radius 1 is 1.14 bits per heavy atom. The van der Waals surface area contributed by atoms with Gasteiger partial charge in [-0.2, -0.15) is 11.8 Å². The van der Waals surface area contributed by atoms with Gasteiger partial charge in [0.15, 0.2) is 0 Å². The van der Waals surface area contributed by atoms with E-state index in [-0.39, 0.29) is 5.92 Å². The number of aldehydes is 1. The zero-order valence-electron chi connectivity index (χ0n) is 21.5. The van der Waals surface area contributed by atoms with Gasteiger partial charge in [-0.3, -0.25) is 0 Å². The molecule has 0 saturated heterocycles. The lowest BCUT2D eigenvalue weighted by Gasteiger charge is -2.15. The first-order chi connectivity index (χ1) is 17.6. The lowest BCUT2D eigenvalue weighted by molar-refractivity contribution is -0.108. The predicted octanol–water partition coefficient (Wildman–Crippen LogP) is 5.75. The number of fused-ring (bicyclic) bond motifs is 1. The summed E-state index contributed by atoms with van der Waals surface area (Å²) in [7, 11) is 1.00. The van der Waals surface area contributed by atoms with Gasteiger partial charge in [0.05, 0.1) is 13.2 Å². The molecule has 1 unspecified atom stereocenters. The Bertz CT molecular complexity index is 1130. The maximum atomic E-state index is 10.8. The Kier molecular flexibility index (Phi) is 10.6. The first kappa shape index (κ1) is 27.6. The van der Waals surface area contributed by atoms with Crippen LogP contribution in [0.3, 0.4) is 0 Å². The van der Waals surface area contributed by atoms with Gasteiger partial charge in [0.2, 0.25) is 5.88 Å². The van der Waals surface area contributed by atoms with Gasteiger partial charge in [-0.15, -0.1) is 0 Å². The highest BCUT2D eigenvalue weighted by Gasteiger charge is 2.25. The third-order valence-electron chi connectivity index (χ3n) is 6.00. The molecular formula is C29H35NO5S. The highest BCUT2D eigenvalue weighted by molar-refractivity contribution is 7.98. The van der Waals surface area contributed by atoms with Crippen LogP contribution < -0.4 is 14.2 Å². The average molecular weight is 510 g/mol. The highest BCUT2D eigenvalue weighted by Crippen LogP contribution is 2.37. The van der Waals surface area contributed by atoms with E-state index in [9.17, 15) is 4.79 Å². The van der Waals surface area contributed by atoms with Gasteiger partial charge in [-0.25, -0.2) is 4.98 Å². The molecule has 0 aliphatic carbocycles.